The average molecular weight is 850 g/mol. The van der Waals surface area contributed by atoms with Crippen LogP contribution >= 0.6 is 0 Å². The van der Waals surface area contributed by atoms with Gasteiger partial charge in [0, 0.05) is 37.5 Å². The van der Waals surface area contributed by atoms with Gasteiger partial charge in [0.2, 0.25) is 0 Å². The van der Waals surface area contributed by atoms with Gasteiger partial charge in [-0.2, -0.15) is 0 Å². The molecular weight excluding hydrogens is 799 g/mol. The zero-order chi connectivity index (χ0) is 38.9. The second kappa shape index (κ2) is 16.6. The van der Waals surface area contributed by atoms with E-state index in [1.54, 1.807) is 0 Å². The number of pyridine rings is 1. The summed E-state index contributed by atoms with van der Waals surface area (Å²) >= 11 is 0. The molecule has 0 atom stereocenters. The standard InChI is InChI=1S/C25H25N2.C22H22N.Ir/c1-17(2)20-13-10-14-21(18(3)4)24(20)27-23-16-9-8-15-22(23)26-25(27)19-11-6-5-7-12-19;1-22(2,3)15-17-9-11-18(12-10-17)20-13-14-21(23-16-20)19-7-5-4-6-8-19;/h5-11,13-18H,1-4H3;4-7,9-14,16H,15H2,1-3H3;/q2*-1;/i17D,18D;15D2;. The predicted molar refractivity (Wildman–Crippen MR) is 211 cm³/mol. The molecule has 1 radical (unpaired) electrons. The van der Waals surface area contributed by atoms with Crippen LogP contribution in [0.4, 0.5) is 0 Å². The van der Waals surface area contributed by atoms with E-state index in [1.807, 2.05) is 182 Å². The first-order chi connectivity index (χ1) is 25.5. The Bertz CT molecular complexity index is 2300. The normalized spacial score (nSPS) is 13.2. The molecule has 0 fully saturated rings. The third-order valence-corrected chi connectivity index (χ3v) is 8.33. The van der Waals surface area contributed by atoms with Crippen molar-refractivity contribution < 1.29 is 25.6 Å². The Hall–Kier alpha value is -4.63. The monoisotopic (exact) mass is 850 g/mol. The maximum absolute atomic E-state index is 8.80. The number of imidazole rings is 1. The number of fused-ring (bicyclic) bond motifs is 1. The Balaban J connectivity index is 0.000000210. The van der Waals surface area contributed by atoms with Crippen LogP contribution in [-0.4, -0.2) is 14.5 Å². The molecule has 0 unspecified atom stereocenters. The summed E-state index contributed by atoms with van der Waals surface area (Å²) in [6.45, 7) is 13.3. The second-order valence-electron chi connectivity index (χ2n) is 13.9. The Labute approximate surface area is 323 Å². The van der Waals surface area contributed by atoms with Crippen molar-refractivity contribution in [1.29, 1.82) is 0 Å². The van der Waals surface area contributed by atoms with Gasteiger partial charge in [-0.3, -0.25) is 4.98 Å². The van der Waals surface area contributed by atoms with Crippen molar-refractivity contribution in [3.63, 3.8) is 0 Å². The minimum atomic E-state index is -1.38. The largest absolute Gasteiger partial charge is 0.333 e. The van der Waals surface area contributed by atoms with Crippen molar-refractivity contribution in [2.75, 3.05) is 0 Å². The van der Waals surface area contributed by atoms with Crippen LogP contribution in [0.25, 0.3) is 50.5 Å². The van der Waals surface area contributed by atoms with E-state index in [2.05, 4.69) is 21.7 Å². The van der Waals surface area contributed by atoms with Gasteiger partial charge in [0.25, 0.3) is 0 Å². The van der Waals surface area contributed by atoms with Gasteiger partial charge < -0.3 is 9.55 Å². The molecule has 0 spiro atoms. The van der Waals surface area contributed by atoms with Gasteiger partial charge in [-0.15, -0.1) is 71.8 Å². The summed E-state index contributed by atoms with van der Waals surface area (Å²) in [5, 5.41) is 0. The number of aromatic nitrogens is 3. The number of benzene rings is 5. The minimum Gasteiger partial charge on any atom is -0.333 e. The quantitative estimate of drug-likeness (QED) is 0.150. The molecule has 2 aromatic heterocycles. The van der Waals surface area contributed by atoms with E-state index >= 15 is 0 Å². The van der Waals surface area contributed by atoms with Crippen molar-refractivity contribution in [3.8, 4) is 39.5 Å². The molecule has 3 nitrogen and oxygen atoms in total. The van der Waals surface area contributed by atoms with Crippen LogP contribution in [-0.2, 0) is 26.5 Å². The van der Waals surface area contributed by atoms with Gasteiger partial charge in [0.05, 0.1) is 16.9 Å². The van der Waals surface area contributed by atoms with Crippen LogP contribution in [0.2, 0.25) is 0 Å². The van der Waals surface area contributed by atoms with Gasteiger partial charge in [0.1, 0.15) is 0 Å². The topological polar surface area (TPSA) is 30.7 Å². The maximum atomic E-state index is 8.80. The van der Waals surface area contributed by atoms with Crippen LogP contribution in [0.3, 0.4) is 0 Å². The van der Waals surface area contributed by atoms with Gasteiger partial charge >= 0.3 is 0 Å². The zero-order valence-corrected chi connectivity index (χ0v) is 32.8. The third kappa shape index (κ3) is 9.00. The molecule has 2 heterocycles. The fraction of sp³-hybridized carbons (Fsp3) is 0.234. The Morgan fingerprint density at radius 2 is 1.27 bits per heavy atom. The Morgan fingerprint density at radius 3 is 1.82 bits per heavy atom. The van der Waals surface area contributed by atoms with Crippen molar-refractivity contribution in [2.45, 2.75) is 66.6 Å². The molecular formula is C47H47IrN3-2. The predicted octanol–water partition coefficient (Wildman–Crippen LogP) is 12.5. The molecule has 0 aliphatic carbocycles. The molecule has 0 aliphatic heterocycles. The number of para-hydroxylation sites is 3. The van der Waals surface area contributed by atoms with Crippen molar-refractivity contribution >= 4 is 11.0 Å². The van der Waals surface area contributed by atoms with E-state index in [1.165, 1.54) is 0 Å². The summed E-state index contributed by atoms with van der Waals surface area (Å²) in [5.74, 6) is -0.895. The Morgan fingerprint density at radius 1 is 0.686 bits per heavy atom. The van der Waals surface area contributed by atoms with Crippen molar-refractivity contribution in [3.05, 3.63) is 162 Å². The second-order valence-corrected chi connectivity index (χ2v) is 13.9. The fourth-order valence-corrected chi connectivity index (χ4v) is 6.01. The summed E-state index contributed by atoms with van der Waals surface area (Å²) in [6.07, 6.45) is 0.473. The first kappa shape index (κ1) is 32.3. The zero-order valence-electron chi connectivity index (χ0n) is 34.4. The summed E-state index contributed by atoms with van der Waals surface area (Å²) in [4.78, 5) is 9.45. The Kier molecular flexibility index (Phi) is 10.5. The molecule has 0 aliphatic rings. The molecule has 51 heavy (non-hydrogen) atoms. The van der Waals surface area contributed by atoms with E-state index < -0.39 is 23.6 Å². The van der Waals surface area contributed by atoms with E-state index in [0.29, 0.717) is 5.56 Å². The average Bonchev–Trinajstić information content (AvgIpc) is 3.54. The van der Waals surface area contributed by atoms with Gasteiger partial charge in [-0.05, 0) is 69.2 Å². The SMILES string of the molecule is [2H]C(C)(C)c1cccc(C([2H])(C)C)c1-n1c(-c2[c-]cccc2)nc2ccccc21.[2H]C([2H])(c1ccc(-c2ccc(-c3[c-]cccc3)nc2)cc1)C(C)(C)C.[Ir]. The number of nitrogens with zero attached hydrogens (tertiary/aromatic N) is 3. The van der Waals surface area contributed by atoms with E-state index in [0.717, 1.165) is 61.6 Å². The van der Waals surface area contributed by atoms with Crippen molar-refractivity contribution in [1.82, 2.24) is 14.5 Å². The molecule has 0 N–H and O–H groups in total. The van der Waals surface area contributed by atoms with Crippen LogP contribution in [0, 0.1) is 17.5 Å². The van der Waals surface area contributed by atoms with Gasteiger partial charge in [-0.1, -0.05) is 115 Å². The summed E-state index contributed by atoms with van der Waals surface area (Å²) in [6, 6.07) is 47.7. The molecule has 4 heteroatoms. The molecule has 261 valence electrons. The minimum absolute atomic E-state index is 0. The molecule has 7 rings (SSSR count). The summed E-state index contributed by atoms with van der Waals surface area (Å²) < 4.78 is 36.4. The molecule has 5 aromatic carbocycles. The molecule has 0 amide bonds. The van der Waals surface area contributed by atoms with Crippen molar-refractivity contribution in [2.24, 2.45) is 5.41 Å². The van der Waals surface area contributed by atoms with Crippen LogP contribution in [0.5, 0.6) is 0 Å². The number of rotatable bonds is 7. The first-order valence-corrected chi connectivity index (χ1v) is 17.1. The van der Waals surface area contributed by atoms with Crippen LogP contribution in [0.1, 0.15) is 82.4 Å². The molecule has 0 saturated carbocycles. The van der Waals surface area contributed by atoms with E-state index in [9.17, 15) is 0 Å². The molecule has 7 aromatic rings. The fourth-order valence-electron chi connectivity index (χ4n) is 6.01. The molecule has 0 bridgehead atoms. The summed E-state index contributed by atoms with van der Waals surface area (Å²) in [5.41, 5.74) is 9.50. The third-order valence-electron chi connectivity index (χ3n) is 8.33. The number of hydrogen-bond donors (Lipinski definition) is 0. The first-order valence-electron chi connectivity index (χ1n) is 19.1. The maximum Gasteiger partial charge on any atom is 0.0774 e. The molecule has 0 saturated heterocycles. The van der Waals surface area contributed by atoms with Crippen LogP contribution < -0.4 is 0 Å². The smallest absolute Gasteiger partial charge is 0.0774 e. The van der Waals surface area contributed by atoms with Gasteiger partial charge in [-0.25, -0.2) is 0 Å². The van der Waals surface area contributed by atoms with E-state index in [4.69, 9.17) is 10.5 Å². The summed E-state index contributed by atoms with van der Waals surface area (Å²) in [7, 11) is 0. The van der Waals surface area contributed by atoms with Crippen LogP contribution in [0.15, 0.2) is 134 Å². The van der Waals surface area contributed by atoms with Gasteiger partial charge in [0.15, 0.2) is 0 Å². The number of hydrogen-bond acceptors (Lipinski definition) is 2. The van der Waals surface area contributed by atoms with E-state index in [-0.39, 0.29) is 20.1 Å².